The Labute approximate surface area is 86.7 Å². The van der Waals surface area contributed by atoms with Crippen molar-refractivity contribution < 1.29 is 4.79 Å². The zero-order valence-electron chi connectivity index (χ0n) is 8.28. The lowest BCUT2D eigenvalue weighted by Gasteiger charge is -2.02. The summed E-state index contributed by atoms with van der Waals surface area (Å²) in [5, 5.41) is 11.8. The van der Waals surface area contributed by atoms with Crippen LogP contribution in [0.5, 0.6) is 0 Å². The van der Waals surface area contributed by atoms with Crippen LogP contribution in [0, 0.1) is 0 Å². The van der Waals surface area contributed by atoms with E-state index in [0.29, 0.717) is 5.13 Å². The van der Waals surface area contributed by atoms with Gasteiger partial charge in [0.2, 0.25) is 11.0 Å². The molecular weight excluding hydrogens is 200 g/mol. The quantitative estimate of drug-likeness (QED) is 0.776. The van der Waals surface area contributed by atoms with Gasteiger partial charge in [-0.15, -0.1) is 10.2 Å². The molecule has 1 aromatic heterocycles. The molecule has 1 atom stereocenters. The topological polar surface area (TPSA) is 80.9 Å². The standard InChI is InChI=1S/C8H14N4OS/c1-3-4-6-11-12-8(14-6)10-7(13)5(2)9/h5H,3-4,9H2,1-2H3,(H,10,12,13). The largest absolute Gasteiger partial charge is 0.320 e. The van der Waals surface area contributed by atoms with E-state index in [1.165, 1.54) is 11.3 Å². The van der Waals surface area contributed by atoms with Crippen molar-refractivity contribution in [2.45, 2.75) is 32.7 Å². The van der Waals surface area contributed by atoms with Gasteiger partial charge < -0.3 is 5.73 Å². The van der Waals surface area contributed by atoms with E-state index in [9.17, 15) is 4.79 Å². The van der Waals surface area contributed by atoms with Gasteiger partial charge in [-0.25, -0.2) is 0 Å². The lowest BCUT2D eigenvalue weighted by molar-refractivity contribution is -0.117. The molecule has 5 nitrogen and oxygen atoms in total. The van der Waals surface area contributed by atoms with Crippen molar-refractivity contribution in [1.82, 2.24) is 10.2 Å². The number of hydrogen-bond acceptors (Lipinski definition) is 5. The third kappa shape index (κ3) is 3.04. The second-order valence-electron chi connectivity index (χ2n) is 3.03. The van der Waals surface area contributed by atoms with Crippen molar-refractivity contribution in [3.8, 4) is 0 Å². The molecule has 14 heavy (non-hydrogen) atoms. The normalized spacial score (nSPS) is 12.5. The van der Waals surface area contributed by atoms with E-state index in [-0.39, 0.29) is 5.91 Å². The van der Waals surface area contributed by atoms with Crippen LogP contribution in [0.25, 0.3) is 0 Å². The SMILES string of the molecule is CCCc1nnc(NC(=O)C(C)N)s1. The Morgan fingerprint density at radius 2 is 2.36 bits per heavy atom. The van der Waals surface area contributed by atoms with Crippen molar-refractivity contribution in [2.24, 2.45) is 5.73 Å². The zero-order chi connectivity index (χ0) is 10.6. The molecule has 0 aliphatic rings. The van der Waals surface area contributed by atoms with Crippen molar-refractivity contribution in [3.63, 3.8) is 0 Å². The minimum atomic E-state index is -0.520. The average molecular weight is 214 g/mol. The molecule has 1 heterocycles. The van der Waals surface area contributed by atoms with Crippen molar-refractivity contribution >= 4 is 22.4 Å². The minimum Gasteiger partial charge on any atom is -0.320 e. The van der Waals surface area contributed by atoms with Gasteiger partial charge in [0.05, 0.1) is 6.04 Å². The van der Waals surface area contributed by atoms with Crippen LogP contribution in [0.15, 0.2) is 0 Å². The molecule has 0 saturated carbocycles. The van der Waals surface area contributed by atoms with E-state index < -0.39 is 6.04 Å². The summed E-state index contributed by atoms with van der Waals surface area (Å²) in [4.78, 5) is 11.2. The van der Waals surface area contributed by atoms with Crippen LogP contribution in [0.1, 0.15) is 25.3 Å². The van der Waals surface area contributed by atoms with Crippen LogP contribution in [0.4, 0.5) is 5.13 Å². The van der Waals surface area contributed by atoms with Gasteiger partial charge in [-0.05, 0) is 13.3 Å². The van der Waals surface area contributed by atoms with Gasteiger partial charge >= 0.3 is 0 Å². The summed E-state index contributed by atoms with van der Waals surface area (Å²) in [6, 6.07) is -0.520. The fourth-order valence-corrected chi connectivity index (χ4v) is 1.68. The first-order valence-corrected chi connectivity index (χ1v) is 5.34. The van der Waals surface area contributed by atoms with Gasteiger partial charge in [-0.3, -0.25) is 10.1 Å². The maximum atomic E-state index is 11.2. The monoisotopic (exact) mass is 214 g/mol. The smallest absolute Gasteiger partial charge is 0.242 e. The van der Waals surface area contributed by atoms with Crippen LogP contribution in [0.2, 0.25) is 0 Å². The maximum Gasteiger partial charge on any atom is 0.242 e. The molecule has 6 heteroatoms. The number of amides is 1. The number of anilines is 1. The molecule has 1 aromatic rings. The van der Waals surface area contributed by atoms with E-state index in [1.54, 1.807) is 6.92 Å². The van der Waals surface area contributed by atoms with Gasteiger partial charge in [0, 0.05) is 6.42 Å². The summed E-state index contributed by atoms with van der Waals surface area (Å²) >= 11 is 1.39. The van der Waals surface area contributed by atoms with Crippen LogP contribution in [0.3, 0.4) is 0 Å². The number of carbonyl (C=O) groups is 1. The van der Waals surface area contributed by atoms with Gasteiger partial charge in [-0.1, -0.05) is 18.3 Å². The fourth-order valence-electron chi connectivity index (χ4n) is 0.838. The zero-order valence-corrected chi connectivity index (χ0v) is 9.10. The molecule has 1 amide bonds. The van der Waals surface area contributed by atoms with Crippen molar-refractivity contribution in [1.29, 1.82) is 0 Å². The Bertz CT molecular complexity index is 310. The Morgan fingerprint density at radius 1 is 1.64 bits per heavy atom. The van der Waals surface area contributed by atoms with Crippen molar-refractivity contribution in [2.75, 3.05) is 5.32 Å². The lowest BCUT2D eigenvalue weighted by atomic mass is 10.3. The van der Waals surface area contributed by atoms with E-state index in [2.05, 4.69) is 22.4 Å². The number of nitrogens with zero attached hydrogens (tertiary/aromatic N) is 2. The van der Waals surface area contributed by atoms with Crippen LogP contribution >= 0.6 is 11.3 Å². The fraction of sp³-hybridized carbons (Fsp3) is 0.625. The summed E-state index contributed by atoms with van der Waals surface area (Å²) in [7, 11) is 0. The summed E-state index contributed by atoms with van der Waals surface area (Å²) in [5.74, 6) is -0.232. The Kier molecular flexibility index (Phi) is 3.97. The van der Waals surface area contributed by atoms with Crippen LogP contribution in [-0.2, 0) is 11.2 Å². The molecule has 0 spiro atoms. The first-order chi connectivity index (χ1) is 6.63. The van der Waals surface area contributed by atoms with Gasteiger partial charge in [0.15, 0.2) is 0 Å². The number of nitrogens with one attached hydrogen (secondary N) is 1. The third-order valence-electron chi connectivity index (χ3n) is 1.57. The lowest BCUT2D eigenvalue weighted by Crippen LogP contribution is -2.32. The summed E-state index contributed by atoms with van der Waals surface area (Å²) in [6.45, 7) is 3.70. The summed E-state index contributed by atoms with van der Waals surface area (Å²) in [5.41, 5.74) is 5.39. The second-order valence-corrected chi connectivity index (χ2v) is 4.09. The molecule has 1 unspecified atom stereocenters. The molecule has 0 saturated heterocycles. The molecular formula is C8H14N4OS. The highest BCUT2D eigenvalue weighted by Crippen LogP contribution is 2.16. The van der Waals surface area contributed by atoms with E-state index in [0.717, 1.165) is 17.8 Å². The molecule has 0 radical (unpaired) electrons. The minimum absolute atomic E-state index is 0.232. The first-order valence-electron chi connectivity index (χ1n) is 4.52. The van der Waals surface area contributed by atoms with Gasteiger partial charge in [0.25, 0.3) is 0 Å². The molecule has 3 N–H and O–H groups in total. The number of aromatic nitrogens is 2. The number of carbonyl (C=O) groups excluding carboxylic acids is 1. The Hall–Kier alpha value is -1.01. The number of aryl methyl sites for hydroxylation is 1. The molecule has 0 fully saturated rings. The molecule has 0 aromatic carbocycles. The van der Waals surface area contributed by atoms with Crippen molar-refractivity contribution in [3.05, 3.63) is 5.01 Å². The Morgan fingerprint density at radius 3 is 2.93 bits per heavy atom. The molecule has 0 aliphatic carbocycles. The van der Waals surface area contributed by atoms with E-state index in [4.69, 9.17) is 5.73 Å². The number of nitrogens with two attached hydrogens (primary N) is 1. The van der Waals surface area contributed by atoms with Gasteiger partial charge in [0.1, 0.15) is 5.01 Å². The molecule has 0 aliphatic heterocycles. The highest BCUT2D eigenvalue weighted by molar-refractivity contribution is 7.15. The maximum absolute atomic E-state index is 11.2. The van der Waals surface area contributed by atoms with Crippen LogP contribution < -0.4 is 11.1 Å². The molecule has 0 bridgehead atoms. The highest BCUT2D eigenvalue weighted by Gasteiger charge is 2.10. The summed E-state index contributed by atoms with van der Waals surface area (Å²) < 4.78 is 0. The third-order valence-corrected chi connectivity index (χ3v) is 2.47. The summed E-state index contributed by atoms with van der Waals surface area (Å²) in [6.07, 6.45) is 1.92. The van der Waals surface area contributed by atoms with Crippen LogP contribution in [-0.4, -0.2) is 22.1 Å². The highest BCUT2D eigenvalue weighted by atomic mass is 32.1. The number of hydrogen-bond donors (Lipinski definition) is 2. The first kappa shape index (κ1) is 11.1. The Balaban J connectivity index is 2.55. The average Bonchev–Trinajstić information content (AvgIpc) is 2.53. The molecule has 1 rings (SSSR count). The van der Waals surface area contributed by atoms with E-state index in [1.807, 2.05) is 0 Å². The second kappa shape index (κ2) is 5.02. The number of rotatable bonds is 4. The van der Waals surface area contributed by atoms with E-state index >= 15 is 0 Å². The predicted molar refractivity (Wildman–Crippen MR) is 56.2 cm³/mol. The predicted octanol–water partition coefficient (Wildman–Crippen LogP) is 0.776. The van der Waals surface area contributed by atoms with Gasteiger partial charge in [-0.2, -0.15) is 0 Å². The molecule has 78 valence electrons.